The highest BCUT2D eigenvalue weighted by Gasteiger charge is 2.17. The average molecular weight is 246 g/mol. The third-order valence-corrected chi connectivity index (χ3v) is 3.11. The summed E-state index contributed by atoms with van der Waals surface area (Å²) in [6.07, 6.45) is 1.76. The molecule has 0 radical (unpaired) electrons. The maximum atomic E-state index is 5.68. The summed E-state index contributed by atoms with van der Waals surface area (Å²) >= 11 is 0. The van der Waals surface area contributed by atoms with Gasteiger partial charge in [0.15, 0.2) is 0 Å². The minimum absolute atomic E-state index is 0.0802. The van der Waals surface area contributed by atoms with E-state index in [1.165, 1.54) is 0 Å². The van der Waals surface area contributed by atoms with Crippen LogP contribution in [0.15, 0.2) is 30.5 Å². The largest absolute Gasteiger partial charge is 0.497 e. The van der Waals surface area contributed by atoms with E-state index >= 15 is 0 Å². The van der Waals surface area contributed by atoms with Crippen LogP contribution in [-0.2, 0) is 7.05 Å². The maximum Gasteiger partial charge on any atom is 0.119 e. The molecule has 1 heterocycles. The number of hydrogen-bond acceptors (Lipinski definition) is 4. The molecule has 1 atom stereocenters. The van der Waals surface area contributed by atoms with E-state index in [0.29, 0.717) is 0 Å². The molecule has 0 saturated heterocycles. The van der Waals surface area contributed by atoms with E-state index < -0.39 is 0 Å². The number of nitrogens with one attached hydrogen (secondary N) is 1. The van der Waals surface area contributed by atoms with Gasteiger partial charge in [-0.1, -0.05) is 6.07 Å². The van der Waals surface area contributed by atoms with Gasteiger partial charge in [0.2, 0.25) is 0 Å². The molecule has 1 aromatic carbocycles. The van der Waals surface area contributed by atoms with Gasteiger partial charge in [-0.2, -0.15) is 5.10 Å². The third-order valence-electron chi connectivity index (χ3n) is 3.11. The zero-order valence-electron chi connectivity index (χ0n) is 10.8. The topological polar surface area (TPSA) is 65.1 Å². The van der Waals surface area contributed by atoms with Crippen LogP contribution in [0.1, 0.15) is 22.9 Å². The van der Waals surface area contributed by atoms with Crippen LogP contribution < -0.4 is 16.0 Å². The number of nitrogens with zero attached hydrogens (tertiary/aromatic N) is 2. The van der Waals surface area contributed by atoms with Gasteiger partial charge in [0.1, 0.15) is 5.75 Å². The second-order valence-electron chi connectivity index (χ2n) is 4.20. The summed E-state index contributed by atoms with van der Waals surface area (Å²) in [6, 6.07) is 7.82. The van der Waals surface area contributed by atoms with Gasteiger partial charge in [-0.3, -0.25) is 10.5 Å². The van der Waals surface area contributed by atoms with Gasteiger partial charge >= 0.3 is 0 Å². The Labute approximate surface area is 107 Å². The van der Waals surface area contributed by atoms with Crippen molar-refractivity contribution in [2.24, 2.45) is 12.9 Å². The number of methoxy groups -OCH3 is 1. The molecule has 1 unspecified atom stereocenters. The minimum Gasteiger partial charge on any atom is -0.497 e. The fourth-order valence-corrected chi connectivity index (χ4v) is 2.10. The predicted molar refractivity (Wildman–Crippen MR) is 70.1 cm³/mol. The lowest BCUT2D eigenvalue weighted by atomic mass is 9.99. The van der Waals surface area contributed by atoms with Crippen molar-refractivity contribution < 1.29 is 4.74 Å². The van der Waals surface area contributed by atoms with Crippen LogP contribution in [0.5, 0.6) is 5.75 Å². The predicted octanol–water partition coefficient (Wildman–Crippen LogP) is 1.29. The molecule has 0 aliphatic carbocycles. The molecule has 0 spiro atoms. The van der Waals surface area contributed by atoms with Gasteiger partial charge in [-0.05, 0) is 36.2 Å². The van der Waals surface area contributed by atoms with Crippen LogP contribution in [0.2, 0.25) is 0 Å². The van der Waals surface area contributed by atoms with Crippen molar-refractivity contribution in [2.45, 2.75) is 13.0 Å². The van der Waals surface area contributed by atoms with E-state index in [1.807, 2.05) is 42.9 Å². The fraction of sp³-hybridized carbons (Fsp3) is 0.308. The van der Waals surface area contributed by atoms with E-state index in [-0.39, 0.29) is 6.04 Å². The minimum atomic E-state index is -0.0802. The van der Waals surface area contributed by atoms with Crippen molar-refractivity contribution in [3.8, 4) is 5.75 Å². The Hall–Kier alpha value is -1.85. The molecule has 96 valence electrons. The number of nitrogens with two attached hydrogens (primary N) is 1. The lowest BCUT2D eigenvalue weighted by Crippen LogP contribution is -2.30. The smallest absolute Gasteiger partial charge is 0.119 e. The molecule has 0 saturated carbocycles. The first-order chi connectivity index (χ1) is 8.67. The maximum absolute atomic E-state index is 5.68. The monoisotopic (exact) mass is 246 g/mol. The molecule has 2 aromatic rings. The third kappa shape index (κ3) is 2.23. The highest BCUT2D eigenvalue weighted by molar-refractivity contribution is 5.39. The number of hydrazine groups is 1. The van der Waals surface area contributed by atoms with Crippen LogP contribution in [0.4, 0.5) is 0 Å². The van der Waals surface area contributed by atoms with Crippen molar-refractivity contribution in [1.29, 1.82) is 0 Å². The summed E-state index contributed by atoms with van der Waals surface area (Å²) in [5, 5.41) is 4.17. The van der Waals surface area contributed by atoms with Crippen molar-refractivity contribution in [3.05, 3.63) is 47.3 Å². The van der Waals surface area contributed by atoms with E-state index in [0.717, 1.165) is 22.6 Å². The zero-order chi connectivity index (χ0) is 13.1. The summed E-state index contributed by atoms with van der Waals surface area (Å²) in [7, 11) is 3.56. The van der Waals surface area contributed by atoms with Crippen molar-refractivity contribution in [2.75, 3.05) is 7.11 Å². The van der Waals surface area contributed by atoms with Gasteiger partial charge in [0.05, 0.1) is 18.8 Å². The Morgan fingerprint density at radius 1 is 1.39 bits per heavy atom. The molecule has 3 N–H and O–H groups in total. The van der Waals surface area contributed by atoms with Crippen LogP contribution in [0, 0.1) is 6.92 Å². The highest BCUT2D eigenvalue weighted by Crippen LogP contribution is 2.26. The normalized spacial score (nSPS) is 12.4. The zero-order valence-corrected chi connectivity index (χ0v) is 10.8. The molecule has 0 aliphatic rings. The van der Waals surface area contributed by atoms with Gasteiger partial charge in [-0.15, -0.1) is 0 Å². The van der Waals surface area contributed by atoms with Crippen LogP contribution in [-0.4, -0.2) is 16.9 Å². The number of aromatic nitrogens is 2. The van der Waals surface area contributed by atoms with E-state index in [9.17, 15) is 0 Å². The first kappa shape index (κ1) is 12.6. The number of ether oxygens (including phenoxy) is 1. The summed E-state index contributed by atoms with van der Waals surface area (Å²) in [6.45, 7) is 2.04. The molecule has 0 aliphatic heterocycles. The molecule has 5 nitrogen and oxygen atoms in total. The second-order valence-corrected chi connectivity index (χ2v) is 4.20. The lowest BCUT2D eigenvalue weighted by molar-refractivity contribution is 0.414. The second kappa shape index (κ2) is 5.20. The summed E-state index contributed by atoms with van der Waals surface area (Å²) < 4.78 is 7.02. The summed E-state index contributed by atoms with van der Waals surface area (Å²) in [5.41, 5.74) is 6.09. The molecule has 0 amide bonds. The van der Waals surface area contributed by atoms with E-state index in [2.05, 4.69) is 10.5 Å². The standard InChI is InChI=1S/C13H18N4O/c1-9-8-10(18-3)4-5-11(9)13(16-14)12-6-7-15-17(12)2/h4-8,13,16H,14H2,1-3H3. The highest BCUT2D eigenvalue weighted by atomic mass is 16.5. The quantitative estimate of drug-likeness (QED) is 0.630. The SMILES string of the molecule is COc1ccc(C(NN)c2ccnn2C)c(C)c1. The first-order valence-electron chi connectivity index (χ1n) is 5.76. The Morgan fingerprint density at radius 2 is 2.17 bits per heavy atom. The van der Waals surface area contributed by atoms with Gasteiger partial charge in [-0.25, -0.2) is 5.43 Å². The average Bonchev–Trinajstić information content (AvgIpc) is 2.78. The Bertz CT molecular complexity index is 536. The molecular formula is C13H18N4O. The van der Waals surface area contributed by atoms with Crippen molar-refractivity contribution >= 4 is 0 Å². The fourth-order valence-electron chi connectivity index (χ4n) is 2.10. The molecule has 0 fully saturated rings. The Balaban J connectivity index is 2.42. The van der Waals surface area contributed by atoms with Crippen LogP contribution >= 0.6 is 0 Å². The van der Waals surface area contributed by atoms with E-state index in [1.54, 1.807) is 13.3 Å². The number of aryl methyl sites for hydroxylation is 2. The van der Waals surface area contributed by atoms with Crippen molar-refractivity contribution in [1.82, 2.24) is 15.2 Å². The Morgan fingerprint density at radius 3 is 2.67 bits per heavy atom. The molecule has 0 bridgehead atoms. The lowest BCUT2D eigenvalue weighted by Gasteiger charge is -2.19. The van der Waals surface area contributed by atoms with Crippen LogP contribution in [0.25, 0.3) is 0 Å². The molecule has 18 heavy (non-hydrogen) atoms. The van der Waals surface area contributed by atoms with Gasteiger partial charge < -0.3 is 4.74 Å². The summed E-state index contributed by atoms with van der Waals surface area (Å²) in [5.74, 6) is 6.53. The number of benzene rings is 1. The van der Waals surface area contributed by atoms with Gasteiger partial charge in [0, 0.05) is 13.2 Å². The number of hydrogen-bond donors (Lipinski definition) is 2. The molecule has 1 aromatic heterocycles. The number of rotatable bonds is 4. The molecule has 2 rings (SSSR count). The van der Waals surface area contributed by atoms with Crippen LogP contribution in [0.3, 0.4) is 0 Å². The first-order valence-corrected chi connectivity index (χ1v) is 5.76. The van der Waals surface area contributed by atoms with Gasteiger partial charge in [0.25, 0.3) is 0 Å². The molecular weight excluding hydrogens is 228 g/mol. The molecule has 5 heteroatoms. The van der Waals surface area contributed by atoms with E-state index in [4.69, 9.17) is 10.6 Å². The Kier molecular flexibility index (Phi) is 3.64. The van der Waals surface area contributed by atoms with Crippen molar-refractivity contribution in [3.63, 3.8) is 0 Å². The summed E-state index contributed by atoms with van der Waals surface area (Å²) in [4.78, 5) is 0.